The van der Waals surface area contributed by atoms with Crippen LogP contribution in [0.15, 0.2) is 36.4 Å². The fourth-order valence-electron chi connectivity index (χ4n) is 5.18. The third kappa shape index (κ3) is 15.6. The molecule has 12 heteroatoms. The largest absolute Gasteiger partial charge is 0.487 e. The van der Waals surface area contributed by atoms with Crippen molar-refractivity contribution in [3.63, 3.8) is 0 Å². The Hall–Kier alpha value is -4.16. The fraction of sp³-hybridized carbons (Fsp3) is 0.579. The molecule has 0 atom stereocenters. The van der Waals surface area contributed by atoms with E-state index in [9.17, 15) is 19.2 Å². The Morgan fingerprint density at radius 1 is 0.460 bits per heavy atom. The smallest absolute Gasteiger partial charge is 0.305 e. The molecule has 0 aliphatic carbocycles. The number of methoxy groups -OCH3 is 2. The van der Waals surface area contributed by atoms with Gasteiger partial charge in [0.25, 0.3) is 0 Å². The molecular formula is C38H52O12. The molecule has 1 heterocycles. The molecule has 0 spiro atoms. The number of benzene rings is 2. The Balaban J connectivity index is 1.49. The van der Waals surface area contributed by atoms with Crippen molar-refractivity contribution in [3.05, 3.63) is 47.5 Å². The number of Topliss-reactive ketones (excluding diaryl/α,β-unsaturated/α-hetero) is 2. The maximum atomic E-state index is 12.9. The van der Waals surface area contributed by atoms with Gasteiger partial charge < -0.3 is 37.9 Å². The second-order valence-corrected chi connectivity index (χ2v) is 11.8. The Bertz CT molecular complexity index is 1240. The van der Waals surface area contributed by atoms with Crippen molar-refractivity contribution in [2.24, 2.45) is 0 Å². The lowest BCUT2D eigenvalue weighted by Gasteiger charge is -2.16. The Kier molecular flexibility index (Phi) is 19.4. The van der Waals surface area contributed by atoms with Crippen LogP contribution in [0, 0.1) is 0 Å². The van der Waals surface area contributed by atoms with E-state index in [1.165, 1.54) is 14.2 Å². The van der Waals surface area contributed by atoms with Crippen LogP contribution in [0.5, 0.6) is 23.0 Å². The highest BCUT2D eigenvalue weighted by Crippen LogP contribution is 2.31. The van der Waals surface area contributed by atoms with E-state index in [1.54, 1.807) is 36.4 Å². The summed E-state index contributed by atoms with van der Waals surface area (Å²) in [6, 6.07) is 10.3. The topological polar surface area (TPSA) is 142 Å². The first-order valence-electron chi connectivity index (χ1n) is 17.6. The van der Waals surface area contributed by atoms with Crippen molar-refractivity contribution < 1.29 is 57.1 Å². The molecule has 0 fully saturated rings. The van der Waals surface area contributed by atoms with Crippen molar-refractivity contribution in [1.29, 1.82) is 0 Å². The molecule has 0 radical (unpaired) electrons. The van der Waals surface area contributed by atoms with E-state index in [2.05, 4.69) is 9.47 Å². The Morgan fingerprint density at radius 3 is 1.16 bits per heavy atom. The van der Waals surface area contributed by atoms with Gasteiger partial charge in [0.2, 0.25) is 0 Å². The van der Waals surface area contributed by atoms with Gasteiger partial charge in [0, 0.05) is 36.8 Å². The summed E-state index contributed by atoms with van der Waals surface area (Å²) < 4.78 is 44.6. The van der Waals surface area contributed by atoms with Crippen molar-refractivity contribution in [2.75, 3.05) is 67.1 Å². The molecule has 276 valence electrons. The zero-order valence-corrected chi connectivity index (χ0v) is 29.5. The minimum atomic E-state index is -0.214. The van der Waals surface area contributed by atoms with Crippen LogP contribution in [0.3, 0.4) is 0 Å². The fourth-order valence-corrected chi connectivity index (χ4v) is 5.18. The number of rotatable bonds is 16. The summed E-state index contributed by atoms with van der Waals surface area (Å²) in [5, 5.41) is 0. The highest BCUT2D eigenvalue weighted by molar-refractivity contribution is 5.97. The van der Waals surface area contributed by atoms with Crippen LogP contribution in [0.25, 0.3) is 0 Å². The quantitative estimate of drug-likeness (QED) is 0.110. The van der Waals surface area contributed by atoms with Gasteiger partial charge in [-0.25, -0.2) is 0 Å². The number of fused-ring (bicyclic) bond motifs is 2. The van der Waals surface area contributed by atoms with Crippen LogP contribution in [-0.2, 0) is 28.5 Å². The lowest BCUT2D eigenvalue weighted by atomic mass is 10.0. The standard InChI is InChI=1S/C38H52O12/c1-43-37(41)13-9-5-3-7-11-31(39)29-15-17-33-35(27-29)49-25-21-45-20-24-48-34-18-16-30(28-36(34)50-26-22-46-19-23-47-33)32(40)12-8-4-6-10-14-38(42)44-2/h15-18,27-28H,3-14,19-26H2,1-2H3. The molecular weight excluding hydrogens is 648 g/mol. The Morgan fingerprint density at radius 2 is 0.800 bits per heavy atom. The number of carbonyl (C=O) groups excluding carboxylic acids is 4. The molecule has 0 saturated heterocycles. The van der Waals surface area contributed by atoms with Crippen LogP contribution in [0.2, 0.25) is 0 Å². The first kappa shape index (κ1) is 40.3. The third-order valence-corrected chi connectivity index (χ3v) is 8.00. The summed E-state index contributed by atoms with van der Waals surface area (Å²) in [6.07, 6.45) is 7.98. The zero-order valence-electron chi connectivity index (χ0n) is 29.5. The van der Waals surface area contributed by atoms with Gasteiger partial charge in [-0.15, -0.1) is 0 Å². The van der Waals surface area contributed by atoms with Crippen LogP contribution < -0.4 is 18.9 Å². The van der Waals surface area contributed by atoms with Gasteiger partial charge in [-0.1, -0.05) is 25.7 Å². The van der Waals surface area contributed by atoms with Gasteiger partial charge in [0.15, 0.2) is 34.6 Å². The molecule has 1 aliphatic rings. The number of hydrogen-bond acceptors (Lipinski definition) is 12. The highest BCUT2D eigenvalue weighted by Gasteiger charge is 2.15. The normalized spacial score (nSPS) is 14.1. The van der Waals surface area contributed by atoms with Gasteiger partial charge >= 0.3 is 11.9 Å². The van der Waals surface area contributed by atoms with Crippen LogP contribution in [0.1, 0.15) is 97.8 Å². The summed E-state index contributed by atoms with van der Waals surface area (Å²) in [5.74, 6) is 1.51. The predicted molar refractivity (Wildman–Crippen MR) is 185 cm³/mol. The van der Waals surface area contributed by atoms with Crippen LogP contribution in [0.4, 0.5) is 0 Å². The second kappa shape index (κ2) is 24.1. The minimum absolute atomic E-state index is 0.0152. The van der Waals surface area contributed by atoms with Gasteiger partial charge in [-0.3, -0.25) is 19.2 Å². The maximum Gasteiger partial charge on any atom is 0.305 e. The molecule has 2 aromatic carbocycles. The molecule has 0 bridgehead atoms. The molecule has 0 saturated carbocycles. The monoisotopic (exact) mass is 700 g/mol. The Labute approximate surface area is 295 Å². The number of esters is 2. The first-order chi connectivity index (χ1) is 24.4. The molecule has 50 heavy (non-hydrogen) atoms. The molecule has 0 unspecified atom stereocenters. The molecule has 2 aromatic rings. The zero-order chi connectivity index (χ0) is 35.8. The molecule has 0 N–H and O–H groups in total. The summed E-state index contributed by atoms with van der Waals surface area (Å²) in [6.45, 7) is 2.15. The number of ketones is 2. The van der Waals surface area contributed by atoms with Gasteiger partial charge in [0.1, 0.15) is 26.4 Å². The number of carbonyl (C=O) groups is 4. The summed E-state index contributed by atoms with van der Waals surface area (Å²) in [5.41, 5.74) is 1.09. The average Bonchev–Trinajstić information content (AvgIpc) is 3.13. The van der Waals surface area contributed by atoms with E-state index in [-0.39, 0.29) is 63.1 Å². The van der Waals surface area contributed by atoms with E-state index in [0.29, 0.717) is 73.0 Å². The van der Waals surface area contributed by atoms with Crippen LogP contribution >= 0.6 is 0 Å². The number of unbranched alkanes of at least 4 members (excludes halogenated alkanes) is 6. The second-order valence-electron chi connectivity index (χ2n) is 11.8. The predicted octanol–water partition coefficient (Wildman–Crippen LogP) is 6.34. The van der Waals surface area contributed by atoms with Gasteiger partial charge in [-0.2, -0.15) is 0 Å². The molecule has 1 aliphatic heterocycles. The molecule has 3 rings (SSSR count). The summed E-state index contributed by atoms with van der Waals surface area (Å²) in [4.78, 5) is 48.3. The average molecular weight is 701 g/mol. The van der Waals surface area contributed by atoms with Crippen LogP contribution in [-0.4, -0.2) is 90.6 Å². The van der Waals surface area contributed by atoms with Gasteiger partial charge in [-0.05, 0) is 62.1 Å². The lowest BCUT2D eigenvalue weighted by Crippen LogP contribution is -2.16. The van der Waals surface area contributed by atoms with E-state index in [1.807, 2.05) is 0 Å². The SMILES string of the molecule is COC(=O)CCCCCCC(=O)c1ccc2c(c1)OCCOCCOc1ccc(C(=O)CCCCCCC(=O)OC)cc1OCCOCCO2. The van der Waals surface area contributed by atoms with E-state index in [0.717, 1.165) is 51.4 Å². The maximum absolute atomic E-state index is 12.9. The number of hydrogen-bond donors (Lipinski definition) is 0. The van der Waals surface area contributed by atoms with Crippen molar-refractivity contribution >= 4 is 23.5 Å². The lowest BCUT2D eigenvalue weighted by molar-refractivity contribution is -0.141. The van der Waals surface area contributed by atoms with E-state index >= 15 is 0 Å². The van der Waals surface area contributed by atoms with Gasteiger partial charge in [0.05, 0.1) is 40.6 Å². The van der Waals surface area contributed by atoms with Crippen molar-refractivity contribution in [2.45, 2.75) is 77.0 Å². The molecule has 12 nitrogen and oxygen atoms in total. The summed E-state index contributed by atoms with van der Waals surface area (Å²) in [7, 11) is 2.77. The highest BCUT2D eigenvalue weighted by atomic mass is 16.6. The minimum Gasteiger partial charge on any atom is -0.487 e. The first-order valence-corrected chi connectivity index (χ1v) is 17.6. The van der Waals surface area contributed by atoms with E-state index < -0.39 is 0 Å². The van der Waals surface area contributed by atoms with Crippen molar-refractivity contribution in [1.82, 2.24) is 0 Å². The van der Waals surface area contributed by atoms with E-state index in [4.69, 9.17) is 28.4 Å². The van der Waals surface area contributed by atoms with Crippen molar-refractivity contribution in [3.8, 4) is 23.0 Å². The number of ether oxygens (including phenoxy) is 8. The summed E-state index contributed by atoms with van der Waals surface area (Å²) >= 11 is 0. The molecule has 0 amide bonds. The third-order valence-electron chi connectivity index (χ3n) is 8.00. The molecule has 0 aromatic heterocycles.